The van der Waals surface area contributed by atoms with E-state index in [1.165, 1.54) is 0 Å². The fourth-order valence-electron chi connectivity index (χ4n) is 3.72. The fraction of sp³-hybridized carbons (Fsp3) is 0.269. The zero-order valence-electron chi connectivity index (χ0n) is 17.5. The predicted molar refractivity (Wildman–Crippen MR) is 118 cm³/mol. The number of carbonyl (C=O) groups is 1. The summed E-state index contributed by atoms with van der Waals surface area (Å²) in [7, 11) is 4.13. The second-order valence-electron chi connectivity index (χ2n) is 7.93. The van der Waals surface area contributed by atoms with Crippen LogP contribution in [0.1, 0.15) is 35.3 Å². The number of benzene rings is 3. The van der Waals surface area contributed by atoms with Gasteiger partial charge in [0.2, 0.25) is 0 Å². The van der Waals surface area contributed by atoms with Crippen molar-refractivity contribution in [1.82, 2.24) is 4.90 Å². The average Bonchev–Trinajstić information content (AvgIpc) is 2.77. The van der Waals surface area contributed by atoms with Crippen molar-refractivity contribution in [3.8, 4) is 11.5 Å². The first kappa shape index (κ1) is 20.2. The third-order valence-electron chi connectivity index (χ3n) is 5.33. The van der Waals surface area contributed by atoms with Crippen molar-refractivity contribution >= 4 is 5.78 Å². The first-order valence-electron chi connectivity index (χ1n) is 10.3. The Bertz CT molecular complexity index is 986. The van der Waals surface area contributed by atoms with Crippen LogP contribution >= 0.6 is 0 Å². The Labute approximate surface area is 178 Å². The molecule has 0 amide bonds. The molecule has 30 heavy (non-hydrogen) atoms. The number of Topliss-reactive ketones (excluding diaryl/α,β-unsaturated/α-hetero) is 1. The van der Waals surface area contributed by atoms with E-state index in [1.807, 2.05) is 66.7 Å². The molecule has 2 atom stereocenters. The zero-order chi connectivity index (χ0) is 20.9. The summed E-state index contributed by atoms with van der Waals surface area (Å²) in [6.07, 6.45) is 0.632. The van der Waals surface area contributed by atoms with Gasteiger partial charge in [0.05, 0.1) is 0 Å². The standard InChI is InChI=1S/C26H27NO3/c1-27(2)16-15-24(19-9-5-3-6-10-19)29-22-14-13-21-17-23(28)26(30-25(21)18-22)20-11-7-4-8-12-20/h3-14,18,24,26H,15-17H2,1-2H3. The summed E-state index contributed by atoms with van der Waals surface area (Å²) in [5, 5.41) is 0. The Morgan fingerprint density at radius 2 is 1.70 bits per heavy atom. The SMILES string of the molecule is CN(C)CCC(Oc1ccc2c(c1)OC(c1ccccc1)C(=O)C2)c1ccccc1. The molecule has 4 heteroatoms. The van der Waals surface area contributed by atoms with Gasteiger partial charge < -0.3 is 14.4 Å². The normalized spacial score (nSPS) is 16.6. The van der Waals surface area contributed by atoms with Gasteiger partial charge in [-0.3, -0.25) is 4.79 Å². The van der Waals surface area contributed by atoms with E-state index >= 15 is 0 Å². The van der Waals surface area contributed by atoms with Gasteiger partial charge in [-0.15, -0.1) is 0 Å². The number of ketones is 1. The Morgan fingerprint density at radius 3 is 2.40 bits per heavy atom. The van der Waals surface area contributed by atoms with Crippen molar-refractivity contribution in [2.75, 3.05) is 20.6 Å². The number of fused-ring (bicyclic) bond motifs is 1. The predicted octanol–water partition coefficient (Wildman–Crippen LogP) is 5.00. The van der Waals surface area contributed by atoms with Gasteiger partial charge in [0, 0.05) is 31.0 Å². The maximum Gasteiger partial charge on any atom is 0.182 e. The Balaban J connectivity index is 1.56. The van der Waals surface area contributed by atoms with Crippen LogP contribution in [0.3, 0.4) is 0 Å². The summed E-state index contributed by atoms with van der Waals surface area (Å²) in [5.41, 5.74) is 2.94. The van der Waals surface area contributed by atoms with Crippen molar-refractivity contribution in [1.29, 1.82) is 0 Å². The van der Waals surface area contributed by atoms with E-state index in [0.717, 1.165) is 41.2 Å². The molecule has 0 fully saturated rings. The highest BCUT2D eigenvalue weighted by Crippen LogP contribution is 2.36. The van der Waals surface area contributed by atoms with Gasteiger partial charge in [0.1, 0.15) is 17.6 Å². The van der Waals surface area contributed by atoms with Crippen LogP contribution in [0.25, 0.3) is 0 Å². The Morgan fingerprint density at radius 1 is 1.00 bits per heavy atom. The number of nitrogens with zero attached hydrogens (tertiary/aromatic N) is 1. The van der Waals surface area contributed by atoms with Crippen LogP contribution < -0.4 is 9.47 Å². The number of ether oxygens (including phenoxy) is 2. The van der Waals surface area contributed by atoms with Gasteiger partial charge in [-0.25, -0.2) is 0 Å². The number of hydrogen-bond donors (Lipinski definition) is 0. The first-order chi connectivity index (χ1) is 14.6. The molecule has 0 saturated carbocycles. The molecular formula is C26H27NO3. The van der Waals surface area contributed by atoms with Gasteiger partial charge in [-0.2, -0.15) is 0 Å². The van der Waals surface area contributed by atoms with Crippen LogP contribution in [-0.2, 0) is 11.2 Å². The monoisotopic (exact) mass is 401 g/mol. The second kappa shape index (κ2) is 9.14. The lowest BCUT2D eigenvalue weighted by Gasteiger charge is -2.27. The molecule has 154 valence electrons. The third-order valence-corrected chi connectivity index (χ3v) is 5.33. The van der Waals surface area contributed by atoms with E-state index in [0.29, 0.717) is 6.42 Å². The van der Waals surface area contributed by atoms with E-state index in [-0.39, 0.29) is 11.9 Å². The molecule has 4 nitrogen and oxygen atoms in total. The maximum absolute atomic E-state index is 12.6. The molecule has 4 rings (SSSR count). The van der Waals surface area contributed by atoms with Crippen LogP contribution in [0.4, 0.5) is 0 Å². The lowest BCUT2D eigenvalue weighted by molar-refractivity contribution is -0.126. The second-order valence-corrected chi connectivity index (χ2v) is 7.93. The molecule has 1 heterocycles. The summed E-state index contributed by atoms with van der Waals surface area (Å²) in [6.45, 7) is 0.922. The molecule has 0 saturated heterocycles. The summed E-state index contributed by atoms with van der Waals surface area (Å²) in [4.78, 5) is 14.8. The highest BCUT2D eigenvalue weighted by atomic mass is 16.5. The van der Waals surface area contributed by atoms with Crippen molar-refractivity contribution in [3.05, 3.63) is 95.6 Å². The van der Waals surface area contributed by atoms with E-state index in [1.54, 1.807) is 0 Å². The Hall–Kier alpha value is -3.11. The molecule has 2 unspecified atom stereocenters. The minimum absolute atomic E-state index is 0.0539. The molecule has 0 bridgehead atoms. The minimum Gasteiger partial charge on any atom is -0.486 e. The van der Waals surface area contributed by atoms with Gasteiger partial charge in [0.25, 0.3) is 0 Å². The quantitative estimate of drug-likeness (QED) is 0.558. The number of rotatable bonds is 7. The lowest BCUT2D eigenvalue weighted by atomic mass is 9.96. The van der Waals surface area contributed by atoms with Crippen LogP contribution in [0.15, 0.2) is 78.9 Å². The largest absolute Gasteiger partial charge is 0.486 e. The van der Waals surface area contributed by atoms with Crippen molar-refractivity contribution < 1.29 is 14.3 Å². The zero-order valence-corrected chi connectivity index (χ0v) is 17.5. The molecule has 0 radical (unpaired) electrons. The molecule has 0 aromatic heterocycles. The van der Waals surface area contributed by atoms with Crippen molar-refractivity contribution in [2.45, 2.75) is 25.0 Å². The smallest absolute Gasteiger partial charge is 0.182 e. The maximum atomic E-state index is 12.6. The molecule has 3 aromatic rings. The van der Waals surface area contributed by atoms with Gasteiger partial charge in [-0.1, -0.05) is 66.7 Å². The topological polar surface area (TPSA) is 38.8 Å². The first-order valence-corrected chi connectivity index (χ1v) is 10.3. The van der Waals surface area contributed by atoms with E-state index in [9.17, 15) is 4.79 Å². The van der Waals surface area contributed by atoms with Gasteiger partial charge in [-0.05, 0) is 31.3 Å². The van der Waals surface area contributed by atoms with Gasteiger partial charge >= 0.3 is 0 Å². The molecule has 0 spiro atoms. The number of hydrogen-bond acceptors (Lipinski definition) is 4. The molecule has 0 N–H and O–H groups in total. The highest BCUT2D eigenvalue weighted by molar-refractivity contribution is 5.88. The van der Waals surface area contributed by atoms with Crippen LogP contribution in [0.5, 0.6) is 11.5 Å². The highest BCUT2D eigenvalue weighted by Gasteiger charge is 2.29. The molecular weight excluding hydrogens is 374 g/mol. The average molecular weight is 402 g/mol. The molecule has 1 aliphatic rings. The van der Waals surface area contributed by atoms with E-state index in [4.69, 9.17) is 9.47 Å². The lowest BCUT2D eigenvalue weighted by Crippen LogP contribution is -2.25. The van der Waals surface area contributed by atoms with Crippen LogP contribution in [0, 0.1) is 0 Å². The fourth-order valence-corrected chi connectivity index (χ4v) is 3.72. The summed E-state index contributed by atoms with van der Waals surface area (Å²) in [6, 6.07) is 25.7. The summed E-state index contributed by atoms with van der Waals surface area (Å²) in [5.74, 6) is 1.55. The van der Waals surface area contributed by atoms with Crippen molar-refractivity contribution in [2.24, 2.45) is 0 Å². The van der Waals surface area contributed by atoms with E-state index < -0.39 is 6.10 Å². The summed E-state index contributed by atoms with van der Waals surface area (Å²) >= 11 is 0. The number of carbonyl (C=O) groups excluding carboxylic acids is 1. The van der Waals surface area contributed by atoms with Crippen molar-refractivity contribution in [3.63, 3.8) is 0 Å². The van der Waals surface area contributed by atoms with Crippen LogP contribution in [0.2, 0.25) is 0 Å². The Kier molecular flexibility index (Phi) is 6.15. The van der Waals surface area contributed by atoms with E-state index in [2.05, 4.69) is 31.1 Å². The van der Waals surface area contributed by atoms with Gasteiger partial charge in [0.15, 0.2) is 11.9 Å². The summed E-state index contributed by atoms with van der Waals surface area (Å²) < 4.78 is 12.5. The third kappa shape index (κ3) is 4.71. The minimum atomic E-state index is -0.562. The molecule has 3 aromatic carbocycles. The van der Waals surface area contributed by atoms with Crippen LogP contribution in [-0.4, -0.2) is 31.3 Å². The molecule has 1 aliphatic heterocycles. The molecule has 0 aliphatic carbocycles.